The molecule has 0 aliphatic rings. The Kier molecular flexibility index (Phi) is 5.80. The van der Waals surface area contributed by atoms with Crippen molar-refractivity contribution in [2.45, 2.75) is 59.5 Å². The average Bonchev–Trinajstić information content (AvgIpc) is 2.25. The molecule has 0 aromatic rings. The van der Waals surface area contributed by atoms with E-state index in [1.54, 1.807) is 27.7 Å². The molecule has 0 spiro atoms. The highest BCUT2D eigenvalue weighted by Gasteiger charge is 2.43. The summed E-state index contributed by atoms with van der Waals surface area (Å²) in [5, 5.41) is 15.0. The number of hydrogen-bond acceptors (Lipinski definition) is 3. The fraction of sp³-hybridized carbons (Fsp3) is 0.846. The van der Waals surface area contributed by atoms with Crippen molar-refractivity contribution in [1.82, 2.24) is 10.6 Å². The van der Waals surface area contributed by atoms with Gasteiger partial charge in [-0.15, -0.1) is 0 Å². The number of rotatable bonds is 7. The molecule has 0 fully saturated rings. The molecule has 1 amide bonds. The summed E-state index contributed by atoms with van der Waals surface area (Å²) >= 11 is 0. The van der Waals surface area contributed by atoms with Crippen LogP contribution in [0, 0.1) is 5.41 Å². The molecule has 0 rings (SSSR count). The zero-order valence-corrected chi connectivity index (χ0v) is 12.3. The van der Waals surface area contributed by atoms with Crippen molar-refractivity contribution in [3.05, 3.63) is 0 Å². The maximum absolute atomic E-state index is 11.6. The minimum Gasteiger partial charge on any atom is -0.481 e. The van der Waals surface area contributed by atoms with Gasteiger partial charge in [-0.05, 0) is 41.0 Å². The summed E-state index contributed by atoms with van der Waals surface area (Å²) in [5.74, 6) is -0.999. The average molecular weight is 258 g/mol. The van der Waals surface area contributed by atoms with Crippen molar-refractivity contribution in [2.75, 3.05) is 6.54 Å². The third-order valence-corrected chi connectivity index (χ3v) is 3.81. The summed E-state index contributed by atoms with van der Waals surface area (Å²) in [6.07, 6.45) is 0.871. The predicted molar refractivity (Wildman–Crippen MR) is 71.4 cm³/mol. The van der Waals surface area contributed by atoms with E-state index in [4.69, 9.17) is 0 Å². The summed E-state index contributed by atoms with van der Waals surface area (Å²) in [5.41, 5.74) is -1.63. The molecule has 1 atom stereocenters. The molecule has 0 aromatic heterocycles. The number of aliphatic carboxylic acids is 1. The number of hydrogen-bond donors (Lipinski definition) is 3. The summed E-state index contributed by atoms with van der Waals surface area (Å²) in [4.78, 5) is 22.8. The standard InChI is InChI=1S/C13H26N2O3/c1-7-9(2)15-10(16)8-14-13(5,6)12(3,4)11(17)18/h9,14H,7-8H2,1-6H3,(H,15,16)(H,17,18). The fourth-order valence-electron chi connectivity index (χ4n) is 1.22. The van der Waals surface area contributed by atoms with E-state index in [0.717, 1.165) is 6.42 Å². The molecule has 0 saturated carbocycles. The van der Waals surface area contributed by atoms with Crippen LogP contribution in [0.15, 0.2) is 0 Å². The van der Waals surface area contributed by atoms with Gasteiger partial charge in [0.2, 0.25) is 5.91 Å². The van der Waals surface area contributed by atoms with Crippen molar-refractivity contribution in [2.24, 2.45) is 5.41 Å². The lowest BCUT2D eigenvalue weighted by Crippen LogP contribution is -2.57. The molecular weight excluding hydrogens is 232 g/mol. The molecule has 106 valence electrons. The molecule has 0 aliphatic heterocycles. The minimum absolute atomic E-state index is 0.112. The van der Waals surface area contributed by atoms with Crippen molar-refractivity contribution in [3.8, 4) is 0 Å². The maximum Gasteiger partial charge on any atom is 0.310 e. The topological polar surface area (TPSA) is 78.4 Å². The predicted octanol–water partition coefficient (Wildman–Crippen LogP) is 1.38. The zero-order chi connectivity index (χ0) is 14.6. The summed E-state index contributed by atoms with van der Waals surface area (Å²) < 4.78 is 0. The second kappa shape index (κ2) is 6.18. The van der Waals surface area contributed by atoms with Crippen LogP contribution in [-0.2, 0) is 9.59 Å². The Balaban J connectivity index is 4.44. The highest BCUT2D eigenvalue weighted by molar-refractivity contribution is 5.79. The first kappa shape index (κ1) is 16.9. The van der Waals surface area contributed by atoms with Crippen LogP contribution in [0.2, 0.25) is 0 Å². The Morgan fingerprint density at radius 3 is 2.11 bits per heavy atom. The van der Waals surface area contributed by atoms with Gasteiger partial charge < -0.3 is 15.7 Å². The van der Waals surface area contributed by atoms with Gasteiger partial charge in [0.1, 0.15) is 0 Å². The number of amides is 1. The van der Waals surface area contributed by atoms with E-state index in [0.29, 0.717) is 0 Å². The maximum atomic E-state index is 11.6. The lowest BCUT2D eigenvalue weighted by atomic mass is 9.74. The highest BCUT2D eigenvalue weighted by Crippen LogP contribution is 2.30. The van der Waals surface area contributed by atoms with Gasteiger partial charge in [-0.3, -0.25) is 9.59 Å². The van der Waals surface area contributed by atoms with Crippen LogP contribution in [0.25, 0.3) is 0 Å². The highest BCUT2D eigenvalue weighted by atomic mass is 16.4. The number of carboxylic acids is 1. The van der Waals surface area contributed by atoms with E-state index in [-0.39, 0.29) is 18.5 Å². The van der Waals surface area contributed by atoms with Crippen LogP contribution < -0.4 is 10.6 Å². The summed E-state index contributed by atoms with van der Waals surface area (Å²) in [6.45, 7) is 10.9. The second-order valence-electron chi connectivity index (χ2n) is 5.79. The molecule has 1 unspecified atom stereocenters. The molecule has 18 heavy (non-hydrogen) atoms. The molecule has 0 aliphatic carbocycles. The van der Waals surface area contributed by atoms with Crippen molar-refractivity contribution < 1.29 is 14.7 Å². The van der Waals surface area contributed by atoms with Gasteiger partial charge in [-0.1, -0.05) is 6.92 Å². The number of carboxylic acid groups (broad SMARTS) is 1. The third-order valence-electron chi connectivity index (χ3n) is 3.81. The molecular formula is C13H26N2O3. The fourth-order valence-corrected chi connectivity index (χ4v) is 1.22. The molecule has 3 N–H and O–H groups in total. The van der Waals surface area contributed by atoms with Gasteiger partial charge in [-0.2, -0.15) is 0 Å². The Morgan fingerprint density at radius 2 is 1.72 bits per heavy atom. The van der Waals surface area contributed by atoms with Crippen LogP contribution in [0.3, 0.4) is 0 Å². The van der Waals surface area contributed by atoms with E-state index in [9.17, 15) is 14.7 Å². The van der Waals surface area contributed by atoms with E-state index >= 15 is 0 Å². The smallest absolute Gasteiger partial charge is 0.310 e. The third kappa shape index (κ3) is 4.29. The van der Waals surface area contributed by atoms with Crippen molar-refractivity contribution >= 4 is 11.9 Å². The van der Waals surface area contributed by atoms with Crippen LogP contribution in [0.1, 0.15) is 48.0 Å². The second-order valence-corrected chi connectivity index (χ2v) is 5.79. The van der Waals surface area contributed by atoms with E-state index in [1.165, 1.54) is 0 Å². The molecule has 5 nitrogen and oxygen atoms in total. The van der Waals surface area contributed by atoms with Gasteiger partial charge in [-0.25, -0.2) is 0 Å². The van der Waals surface area contributed by atoms with Crippen LogP contribution in [0.4, 0.5) is 0 Å². The van der Waals surface area contributed by atoms with Gasteiger partial charge in [0.25, 0.3) is 0 Å². The largest absolute Gasteiger partial charge is 0.481 e. The van der Waals surface area contributed by atoms with E-state index < -0.39 is 16.9 Å². The summed E-state index contributed by atoms with van der Waals surface area (Å²) in [6, 6.07) is 0.134. The lowest BCUT2D eigenvalue weighted by Gasteiger charge is -2.39. The van der Waals surface area contributed by atoms with E-state index in [1.807, 2.05) is 13.8 Å². The monoisotopic (exact) mass is 258 g/mol. The van der Waals surface area contributed by atoms with Gasteiger partial charge >= 0.3 is 5.97 Å². The first-order valence-electron chi connectivity index (χ1n) is 6.32. The summed E-state index contributed by atoms with van der Waals surface area (Å²) in [7, 11) is 0. The molecule has 0 radical (unpaired) electrons. The number of carbonyl (C=O) groups excluding carboxylic acids is 1. The molecule has 5 heteroatoms. The Labute approximate surface area is 109 Å². The number of carbonyl (C=O) groups is 2. The quantitative estimate of drug-likeness (QED) is 0.644. The SMILES string of the molecule is CCC(C)NC(=O)CNC(C)(C)C(C)(C)C(=O)O. The Hall–Kier alpha value is -1.10. The minimum atomic E-state index is -0.955. The first-order valence-corrected chi connectivity index (χ1v) is 6.32. The molecule has 0 heterocycles. The van der Waals surface area contributed by atoms with Gasteiger partial charge in [0.15, 0.2) is 0 Å². The van der Waals surface area contributed by atoms with Crippen molar-refractivity contribution in [1.29, 1.82) is 0 Å². The molecule has 0 bridgehead atoms. The van der Waals surface area contributed by atoms with Gasteiger partial charge in [0.05, 0.1) is 12.0 Å². The van der Waals surface area contributed by atoms with Crippen LogP contribution in [-0.4, -0.2) is 35.1 Å². The molecule has 0 saturated heterocycles. The van der Waals surface area contributed by atoms with Crippen molar-refractivity contribution in [3.63, 3.8) is 0 Å². The number of nitrogens with one attached hydrogen (secondary N) is 2. The lowest BCUT2D eigenvalue weighted by molar-refractivity contribution is -0.151. The Morgan fingerprint density at radius 1 is 1.22 bits per heavy atom. The normalized spacial score (nSPS) is 14.1. The Bertz CT molecular complexity index is 311. The van der Waals surface area contributed by atoms with Gasteiger partial charge in [0, 0.05) is 11.6 Å². The first-order chi connectivity index (χ1) is 8.04. The van der Waals surface area contributed by atoms with Crippen LogP contribution >= 0.6 is 0 Å². The van der Waals surface area contributed by atoms with E-state index in [2.05, 4.69) is 10.6 Å². The molecule has 0 aromatic carbocycles. The van der Waals surface area contributed by atoms with Crippen LogP contribution in [0.5, 0.6) is 0 Å². The zero-order valence-electron chi connectivity index (χ0n) is 12.3.